The van der Waals surface area contributed by atoms with Gasteiger partial charge < -0.3 is 4.90 Å². The van der Waals surface area contributed by atoms with Crippen molar-refractivity contribution in [3.63, 3.8) is 0 Å². The molecule has 0 aliphatic carbocycles. The summed E-state index contributed by atoms with van der Waals surface area (Å²) in [5.41, 5.74) is 1.11. The number of fused-ring (bicyclic) bond motifs is 1. The smallest absolute Gasteiger partial charge is 0.246 e. The van der Waals surface area contributed by atoms with Crippen molar-refractivity contribution >= 4 is 22.8 Å². The van der Waals surface area contributed by atoms with Gasteiger partial charge in [-0.15, -0.1) is 0 Å². The van der Waals surface area contributed by atoms with Crippen LogP contribution in [-0.2, 0) is 4.79 Å². The van der Waals surface area contributed by atoms with E-state index >= 15 is 0 Å². The first-order valence-electron chi connectivity index (χ1n) is 7.79. The molecule has 0 spiro atoms. The molecular formula is C19H21NO. The van der Waals surface area contributed by atoms with Gasteiger partial charge in [0.15, 0.2) is 0 Å². The van der Waals surface area contributed by atoms with E-state index in [1.807, 2.05) is 29.2 Å². The second-order valence-corrected chi connectivity index (χ2v) is 5.64. The molecule has 0 N–H and O–H groups in total. The molecule has 2 nitrogen and oxygen atoms in total. The van der Waals surface area contributed by atoms with Gasteiger partial charge in [0.1, 0.15) is 0 Å². The third-order valence-corrected chi connectivity index (χ3v) is 4.15. The number of amides is 1. The van der Waals surface area contributed by atoms with Crippen molar-refractivity contribution in [2.24, 2.45) is 0 Å². The highest BCUT2D eigenvalue weighted by Gasteiger charge is 2.12. The number of carbonyl (C=O) groups is 1. The third-order valence-electron chi connectivity index (χ3n) is 4.15. The van der Waals surface area contributed by atoms with Crippen molar-refractivity contribution in [1.82, 2.24) is 4.90 Å². The molecule has 1 amide bonds. The number of likely N-dealkylation sites (tertiary alicyclic amines) is 1. The first-order chi connectivity index (χ1) is 10.3. The van der Waals surface area contributed by atoms with Gasteiger partial charge in [-0.3, -0.25) is 4.79 Å². The average Bonchev–Trinajstić information content (AvgIpc) is 2.82. The number of hydrogen-bond donors (Lipinski definition) is 0. The van der Waals surface area contributed by atoms with E-state index in [0.717, 1.165) is 31.5 Å². The number of rotatable bonds is 2. The minimum atomic E-state index is 0.143. The number of nitrogens with zero attached hydrogens (tertiary/aromatic N) is 1. The fourth-order valence-electron chi connectivity index (χ4n) is 2.95. The topological polar surface area (TPSA) is 20.3 Å². The van der Waals surface area contributed by atoms with Crippen molar-refractivity contribution in [2.75, 3.05) is 13.1 Å². The van der Waals surface area contributed by atoms with Crippen molar-refractivity contribution in [2.45, 2.75) is 25.7 Å². The lowest BCUT2D eigenvalue weighted by atomic mass is 10.0. The molecule has 2 heteroatoms. The van der Waals surface area contributed by atoms with Gasteiger partial charge in [-0.2, -0.15) is 0 Å². The highest BCUT2D eigenvalue weighted by atomic mass is 16.2. The van der Waals surface area contributed by atoms with Crippen LogP contribution in [0, 0.1) is 0 Å². The first kappa shape index (κ1) is 13.9. The molecule has 1 aliphatic heterocycles. The summed E-state index contributed by atoms with van der Waals surface area (Å²) in [7, 11) is 0. The summed E-state index contributed by atoms with van der Waals surface area (Å²) in [6.45, 7) is 1.80. The van der Waals surface area contributed by atoms with Gasteiger partial charge >= 0.3 is 0 Å². The van der Waals surface area contributed by atoms with E-state index in [1.54, 1.807) is 6.08 Å². The van der Waals surface area contributed by atoms with Crippen LogP contribution in [0.1, 0.15) is 31.2 Å². The normalized spacial score (nSPS) is 16.3. The van der Waals surface area contributed by atoms with Gasteiger partial charge in [-0.1, -0.05) is 55.3 Å². The summed E-state index contributed by atoms with van der Waals surface area (Å²) in [4.78, 5) is 14.3. The van der Waals surface area contributed by atoms with Gasteiger partial charge in [0.25, 0.3) is 0 Å². The molecule has 0 unspecified atom stereocenters. The summed E-state index contributed by atoms with van der Waals surface area (Å²) in [6.07, 6.45) is 8.44. The quantitative estimate of drug-likeness (QED) is 0.752. The maximum Gasteiger partial charge on any atom is 0.246 e. The monoisotopic (exact) mass is 279 g/mol. The van der Waals surface area contributed by atoms with E-state index in [-0.39, 0.29) is 5.91 Å². The van der Waals surface area contributed by atoms with Crippen LogP contribution in [0.15, 0.2) is 48.5 Å². The number of hydrogen-bond acceptors (Lipinski definition) is 1. The fourth-order valence-corrected chi connectivity index (χ4v) is 2.95. The Bertz CT molecular complexity index is 646. The van der Waals surface area contributed by atoms with Crippen LogP contribution in [-0.4, -0.2) is 23.9 Å². The Hall–Kier alpha value is -2.09. The first-order valence-corrected chi connectivity index (χ1v) is 7.79. The lowest BCUT2D eigenvalue weighted by molar-refractivity contribution is -0.125. The van der Waals surface area contributed by atoms with E-state index < -0.39 is 0 Å². The van der Waals surface area contributed by atoms with Crippen molar-refractivity contribution in [3.05, 3.63) is 54.1 Å². The maximum atomic E-state index is 12.3. The molecule has 3 rings (SSSR count). The predicted molar refractivity (Wildman–Crippen MR) is 88.0 cm³/mol. The highest BCUT2D eigenvalue weighted by molar-refractivity contribution is 5.96. The molecule has 1 fully saturated rings. The Morgan fingerprint density at radius 3 is 2.43 bits per heavy atom. The molecule has 2 aromatic rings. The summed E-state index contributed by atoms with van der Waals surface area (Å²) in [6, 6.07) is 14.5. The molecule has 1 heterocycles. The zero-order valence-electron chi connectivity index (χ0n) is 12.3. The largest absolute Gasteiger partial charge is 0.339 e. The van der Waals surface area contributed by atoms with Crippen molar-refractivity contribution in [1.29, 1.82) is 0 Å². The lowest BCUT2D eigenvalue weighted by Crippen LogP contribution is -2.30. The summed E-state index contributed by atoms with van der Waals surface area (Å²) in [5.74, 6) is 0.143. The summed E-state index contributed by atoms with van der Waals surface area (Å²) < 4.78 is 0. The molecule has 0 aromatic heterocycles. The second kappa shape index (κ2) is 6.57. The standard InChI is InChI=1S/C19H21NO/c21-19(20-14-5-1-2-6-15-20)13-12-17-10-7-9-16-8-3-4-11-18(16)17/h3-4,7-13H,1-2,5-6,14-15H2. The second-order valence-electron chi connectivity index (χ2n) is 5.64. The van der Waals surface area contributed by atoms with Gasteiger partial charge in [-0.05, 0) is 35.3 Å². The zero-order valence-corrected chi connectivity index (χ0v) is 12.3. The average molecular weight is 279 g/mol. The molecule has 0 radical (unpaired) electrons. The molecule has 21 heavy (non-hydrogen) atoms. The van der Waals surface area contributed by atoms with E-state index in [4.69, 9.17) is 0 Å². The minimum absolute atomic E-state index is 0.143. The van der Waals surface area contributed by atoms with E-state index in [9.17, 15) is 4.79 Å². The van der Waals surface area contributed by atoms with Crippen molar-refractivity contribution in [3.8, 4) is 0 Å². The fraction of sp³-hybridized carbons (Fsp3) is 0.316. The van der Waals surface area contributed by atoms with Crippen LogP contribution >= 0.6 is 0 Å². The third kappa shape index (κ3) is 3.33. The number of benzene rings is 2. The van der Waals surface area contributed by atoms with Crippen LogP contribution < -0.4 is 0 Å². The number of carbonyl (C=O) groups excluding carboxylic acids is 1. The van der Waals surface area contributed by atoms with Crippen LogP contribution in [0.5, 0.6) is 0 Å². The van der Waals surface area contributed by atoms with Crippen LogP contribution in [0.3, 0.4) is 0 Å². The van der Waals surface area contributed by atoms with Gasteiger partial charge in [0, 0.05) is 19.2 Å². The van der Waals surface area contributed by atoms with Crippen molar-refractivity contribution < 1.29 is 4.79 Å². The van der Waals surface area contributed by atoms with Crippen LogP contribution in [0.4, 0.5) is 0 Å². The van der Waals surface area contributed by atoms with E-state index in [0.29, 0.717) is 0 Å². The summed E-state index contributed by atoms with van der Waals surface area (Å²) in [5, 5.41) is 2.40. The Balaban J connectivity index is 1.79. The van der Waals surface area contributed by atoms with Gasteiger partial charge in [-0.25, -0.2) is 0 Å². The minimum Gasteiger partial charge on any atom is -0.339 e. The molecule has 0 bridgehead atoms. The van der Waals surface area contributed by atoms with Crippen LogP contribution in [0.25, 0.3) is 16.8 Å². The van der Waals surface area contributed by atoms with E-state index in [1.165, 1.54) is 23.6 Å². The molecular weight excluding hydrogens is 258 g/mol. The Kier molecular flexibility index (Phi) is 4.34. The SMILES string of the molecule is O=C(C=Cc1cccc2ccccc12)N1CCCCCC1. The molecule has 2 aromatic carbocycles. The molecule has 108 valence electrons. The van der Waals surface area contributed by atoms with Gasteiger partial charge in [0.2, 0.25) is 5.91 Å². The maximum absolute atomic E-state index is 12.3. The highest BCUT2D eigenvalue weighted by Crippen LogP contribution is 2.20. The predicted octanol–water partition coefficient (Wildman–Crippen LogP) is 4.26. The van der Waals surface area contributed by atoms with Crippen LogP contribution in [0.2, 0.25) is 0 Å². The molecule has 1 saturated heterocycles. The lowest BCUT2D eigenvalue weighted by Gasteiger charge is -2.18. The zero-order chi connectivity index (χ0) is 14.5. The Labute approximate surface area is 126 Å². The molecule has 0 saturated carbocycles. The van der Waals surface area contributed by atoms with Gasteiger partial charge in [0.05, 0.1) is 0 Å². The summed E-state index contributed by atoms with van der Waals surface area (Å²) >= 11 is 0. The Morgan fingerprint density at radius 1 is 0.905 bits per heavy atom. The van der Waals surface area contributed by atoms with E-state index in [2.05, 4.69) is 24.3 Å². The molecule has 1 aliphatic rings. The molecule has 0 atom stereocenters. The Morgan fingerprint density at radius 2 is 1.62 bits per heavy atom.